The van der Waals surface area contributed by atoms with Crippen molar-refractivity contribution in [1.82, 2.24) is 0 Å². The molecule has 0 bridgehead atoms. The summed E-state index contributed by atoms with van der Waals surface area (Å²) in [6.07, 6.45) is 0.598. The molecule has 0 amide bonds. The number of benzene rings is 2. The van der Waals surface area contributed by atoms with Gasteiger partial charge in [0.2, 0.25) is 0 Å². The Labute approximate surface area is 94.2 Å². The summed E-state index contributed by atoms with van der Waals surface area (Å²) in [6, 6.07) is 12.7. The molecule has 3 heteroatoms. The lowest BCUT2D eigenvalue weighted by atomic mass is 9.65. The molecule has 0 nitrogen and oxygen atoms in total. The van der Waals surface area contributed by atoms with Gasteiger partial charge in [-0.2, -0.15) is 0 Å². The van der Waals surface area contributed by atoms with Gasteiger partial charge in [0.25, 0.3) is 0 Å². The van der Waals surface area contributed by atoms with Crippen LogP contribution in [0.2, 0.25) is 0 Å². The Hall–Kier alpha value is -1.64. The van der Waals surface area contributed by atoms with E-state index in [0.29, 0.717) is 6.32 Å². The Balaban J connectivity index is 2.02. The minimum absolute atomic E-state index is 0.245. The van der Waals surface area contributed by atoms with Crippen LogP contribution in [0.5, 0.6) is 0 Å². The van der Waals surface area contributed by atoms with Crippen molar-refractivity contribution in [3.05, 3.63) is 65.7 Å². The maximum Gasteiger partial charge on any atom is 0.156 e. The van der Waals surface area contributed by atoms with Crippen molar-refractivity contribution in [2.75, 3.05) is 0 Å². The van der Waals surface area contributed by atoms with Crippen LogP contribution in [0.3, 0.4) is 0 Å². The largest absolute Gasteiger partial charge is 0.207 e. The molecule has 16 heavy (non-hydrogen) atoms. The lowest BCUT2D eigenvalue weighted by Crippen LogP contribution is -2.16. The van der Waals surface area contributed by atoms with Crippen molar-refractivity contribution < 1.29 is 8.78 Å². The topological polar surface area (TPSA) is 0 Å². The first-order chi connectivity index (χ1) is 7.74. The highest BCUT2D eigenvalue weighted by Gasteiger charge is 2.00. The maximum absolute atomic E-state index is 12.9. The van der Waals surface area contributed by atoms with E-state index in [9.17, 15) is 8.78 Å². The molecule has 79 valence electrons. The van der Waals surface area contributed by atoms with Gasteiger partial charge in [0, 0.05) is 0 Å². The SMILES string of the molecule is Fc1cccc([B]Cc2cccc(F)c2)c1. The molecule has 0 atom stereocenters. The molecule has 0 fully saturated rings. The van der Waals surface area contributed by atoms with E-state index in [1.165, 1.54) is 24.3 Å². The summed E-state index contributed by atoms with van der Waals surface area (Å²) >= 11 is 0. The molecule has 0 heterocycles. The summed E-state index contributed by atoms with van der Waals surface area (Å²) in [7, 11) is 1.87. The minimum Gasteiger partial charge on any atom is -0.207 e. The van der Waals surface area contributed by atoms with E-state index in [2.05, 4.69) is 0 Å². The Morgan fingerprint density at radius 3 is 2.25 bits per heavy atom. The van der Waals surface area contributed by atoms with E-state index < -0.39 is 0 Å². The standard InChI is InChI=1S/C13H10BF2/c15-12-5-1-3-10(7-12)9-14-11-4-2-6-13(16)8-11/h1-8H,9H2. The molecule has 0 aliphatic heterocycles. The zero-order valence-corrected chi connectivity index (χ0v) is 8.66. The quantitative estimate of drug-likeness (QED) is 0.690. The Morgan fingerprint density at radius 1 is 0.875 bits per heavy atom. The van der Waals surface area contributed by atoms with E-state index in [1.807, 2.05) is 19.4 Å². The van der Waals surface area contributed by atoms with Gasteiger partial charge >= 0.3 is 0 Å². The molecular formula is C13H10BF2. The summed E-state index contributed by atoms with van der Waals surface area (Å²) < 4.78 is 25.8. The first kappa shape index (κ1) is 10.9. The molecule has 0 aliphatic rings. The van der Waals surface area contributed by atoms with Gasteiger partial charge in [-0.1, -0.05) is 35.3 Å². The molecule has 0 spiro atoms. The smallest absolute Gasteiger partial charge is 0.156 e. The molecule has 2 rings (SSSR count). The summed E-state index contributed by atoms with van der Waals surface area (Å²) in [4.78, 5) is 0. The normalized spacial score (nSPS) is 10.1. The fourth-order valence-electron chi connectivity index (χ4n) is 1.53. The van der Waals surface area contributed by atoms with Gasteiger partial charge in [-0.3, -0.25) is 0 Å². The average Bonchev–Trinajstić information content (AvgIpc) is 2.27. The van der Waals surface area contributed by atoms with Crippen LogP contribution < -0.4 is 5.46 Å². The highest BCUT2D eigenvalue weighted by molar-refractivity contribution is 6.52. The first-order valence-corrected chi connectivity index (χ1v) is 5.07. The summed E-state index contributed by atoms with van der Waals surface area (Å²) in [5.41, 5.74) is 1.69. The highest BCUT2D eigenvalue weighted by atomic mass is 19.1. The Bertz CT molecular complexity index is 437. The summed E-state index contributed by atoms with van der Waals surface area (Å²) in [5.74, 6) is -0.502. The summed E-state index contributed by atoms with van der Waals surface area (Å²) in [5, 5.41) is 0. The van der Waals surface area contributed by atoms with E-state index in [0.717, 1.165) is 11.0 Å². The van der Waals surface area contributed by atoms with Crippen LogP contribution >= 0.6 is 0 Å². The van der Waals surface area contributed by atoms with Crippen LogP contribution in [0.15, 0.2) is 48.5 Å². The van der Waals surface area contributed by atoms with E-state index in [-0.39, 0.29) is 11.6 Å². The number of hydrogen-bond acceptors (Lipinski definition) is 0. The molecule has 0 saturated heterocycles. The molecule has 0 unspecified atom stereocenters. The zero-order chi connectivity index (χ0) is 11.4. The second-order valence-electron chi connectivity index (χ2n) is 3.59. The van der Waals surface area contributed by atoms with Gasteiger partial charge in [0.05, 0.1) is 0 Å². The first-order valence-electron chi connectivity index (χ1n) is 5.07. The van der Waals surface area contributed by atoms with Gasteiger partial charge < -0.3 is 0 Å². The van der Waals surface area contributed by atoms with Crippen LogP contribution in [0.4, 0.5) is 8.78 Å². The summed E-state index contributed by atoms with van der Waals surface area (Å²) in [6.45, 7) is 0. The van der Waals surface area contributed by atoms with Crippen molar-refractivity contribution >= 4 is 12.7 Å². The van der Waals surface area contributed by atoms with Gasteiger partial charge in [-0.05, 0) is 30.6 Å². The fourth-order valence-corrected chi connectivity index (χ4v) is 1.53. The Morgan fingerprint density at radius 2 is 1.56 bits per heavy atom. The number of hydrogen-bond donors (Lipinski definition) is 0. The van der Waals surface area contributed by atoms with Crippen molar-refractivity contribution in [3.63, 3.8) is 0 Å². The molecule has 0 aliphatic carbocycles. The molecular weight excluding hydrogens is 205 g/mol. The van der Waals surface area contributed by atoms with E-state index in [1.54, 1.807) is 12.1 Å². The second kappa shape index (κ2) is 4.93. The number of halogens is 2. The number of rotatable bonds is 3. The van der Waals surface area contributed by atoms with E-state index in [4.69, 9.17) is 0 Å². The lowest BCUT2D eigenvalue weighted by Gasteiger charge is -2.01. The predicted molar refractivity (Wildman–Crippen MR) is 61.9 cm³/mol. The molecule has 0 saturated carbocycles. The Kier molecular flexibility index (Phi) is 3.35. The third kappa shape index (κ3) is 2.93. The van der Waals surface area contributed by atoms with Crippen molar-refractivity contribution in [1.29, 1.82) is 0 Å². The van der Waals surface area contributed by atoms with Crippen molar-refractivity contribution in [3.8, 4) is 0 Å². The molecule has 2 aromatic carbocycles. The monoisotopic (exact) mass is 215 g/mol. The molecule has 1 radical (unpaired) electrons. The predicted octanol–water partition coefficient (Wildman–Crippen LogP) is 2.49. The molecule has 2 aromatic rings. The third-order valence-electron chi connectivity index (χ3n) is 2.31. The van der Waals surface area contributed by atoms with Gasteiger partial charge in [0.15, 0.2) is 7.28 Å². The lowest BCUT2D eigenvalue weighted by molar-refractivity contribution is 0.626. The van der Waals surface area contributed by atoms with E-state index >= 15 is 0 Å². The van der Waals surface area contributed by atoms with Crippen molar-refractivity contribution in [2.45, 2.75) is 6.32 Å². The van der Waals surface area contributed by atoms with Gasteiger partial charge in [-0.15, -0.1) is 0 Å². The van der Waals surface area contributed by atoms with Crippen molar-refractivity contribution in [2.24, 2.45) is 0 Å². The van der Waals surface area contributed by atoms with Gasteiger partial charge in [0.1, 0.15) is 11.6 Å². The van der Waals surface area contributed by atoms with Crippen LogP contribution in [-0.4, -0.2) is 7.28 Å². The average molecular weight is 215 g/mol. The third-order valence-corrected chi connectivity index (χ3v) is 2.31. The van der Waals surface area contributed by atoms with Crippen LogP contribution in [0.25, 0.3) is 0 Å². The second-order valence-corrected chi connectivity index (χ2v) is 3.59. The maximum atomic E-state index is 12.9. The van der Waals surface area contributed by atoms with Crippen LogP contribution in [-0.2, 0) is 6.32 Å². The highest BCUT2D eigenvalue weighted by Crippen LogP contribution is 2.03. The van der Waals surface area contributed by atoms with Gasteiger partial charge in [-0.25, -0.2) is 8.78 Å². The molecule has 0 N–H and O–H groups in total. The van der Waals surface area contributed by atoms with Crippen LogP contribution in [0, 0.1) is 11.6 Å². The molecule has 0 aromatic heterocycles. The minimum atomic E-state index is -0.256. The zero-order valence-electron chi connectivity index (χ0n) is 8.66. The van der Waals surface area contributed by atoms with Crippen LogP contribution in [0.1, 0.15) is 5.56 Å². The fraction of sp³-hybridized carbons (Fsp3) is 0.0769.